The molecule has 4 rings (SSSR count). The highest BCUT2D eigenvalue weighted by Gasteiger charge is 2.26. The Morgan fingerprint density at radius 2 is 1.57 bits per heavy atom. The molecule has 0 aliphatic carbocycles. The van der Waals surface area contributed by atoms with Crippen LogP contribution in [0.5, 0.6) is 0 Å². The first-order valence-corrected chi connectivity index (χ1v) is 7.81. The van der Waals surface area contributed by atoms with Crippen molar-refractivity contribution >= 4 is 22.8 Å². The van der Waals surface area contributed by atoms with Crippen molar-refractivity contribution in [1.82, 2.24) is 0 Å². The molecule has 0 N–H and O–H groups in total. The third-order valence-corrected chi connectivity index (χ3v) is 4.29. The van der Waals surface area contributed by atoms with Crippen molar-refractivity contribution in [2.45, 2.75) is 13.3 Å². The van der Waals surface area contributed by atoms with Crippen LogP contribution < -0.4 is 4.90 Å². The molecule has 3 aromatic rings. The van der Waals surface area contributed by atoms with E-state index < -0.39 is 0 Å². The summed E-state index contributed by atoms with van der Waals surface area (Å²) in [5.41, 5.74) is 6.14. The number of nitrogens with zero attached hydrogens (tertiary/aromatic N) is 1. The number of Topliss-reactive ketones (excluding diaryl/α,β-unsaturated/α-hetero) is 1. The van der Waals surface area contributed by atoms with Crippen LogP contribution in [0, 0.1) is 6.92 Å². The van der Waals surface area contributed by atoms with Crippen molar-refractivity contribution in [1.29, 1.82) is 0 Å². The maximum Gasteiger partial charge on any atom is 0.169 e. The van der Waals surface area contributed by atoms with E-state index >= 15 is 0 Å². The van der Waals surface area contributed by atoms with Gasteiger partial charge in [-0.05, 0) is 42.8 Å². The smallest absolute Gasteiger partial charge is 0.169 e. The molecule has 0 saturated carbocycles. The third-order valence-electron chi connectivity index (χ3n) is 4.29. The number of ketones is 1. The highest BCUT2D eigenvalue weighted by Crippen LogP contribution is 2.41. The number of aryl methyl sites for hydroxylation is 1. The standard InChI is InChI=1S/C21H17NO/c1-15-11-12-19-16(13-15)14-21(23)18-9-5-6-10-20(18)22(19)17-7-3-2-4-8-17/h2-13H,14H2,1H3. The van der Waals surface area contributed by atoms with E-state index in [0.717, 1.165) is 28.2 Å². The highest BCUT2D eigenvalue weighted by atomic mass is 16.1. The number of benzene rings is 3. The maximum atomic E-state index is 12.7. The molecule has 3 aromatic carbocycles. The summed E-state index contributed by atoms with van der Waals surface area (Å²) in [4.78, 5) is 14.9. The Morgan fingerprint density at radius 3 is 2.39 bits per heavy atom. The molecule has 0 aromatic heterocycles. The summed E-state index contributed by atoms with van der Waals surface area (Å²) in [6.07, 6.45) is 0.442. The van der Waals surface area contributed by atoms with Crippen molar-refractivity contribution in [2.75, 3.05) is 4.90 Å². The molecule has 0 unspecified atom stereocenters. The fourth-order valence-corrected chi connectivity index (χ4v) is 3.23. The molecule has 1 aliphatic heterocycles. The summed E-state index contributed by atoms with van der Waals surface area (Å²) in [5, 5.41) is 0. The number of carbonyl (C=O) groups excluding carboxylic acids is 1. The third kappa shape index (κ3) is 2.33. The summed E-state index contributed by atoms with van der Waals surface area (Å²) < 4.78 is 0. The van der Waals surface area contributed by atoms with Crippen LogP contribution in [0.25, 0.3) is 0 Å². The van der Waals surface area contributed by atoms with Gasteiger partial charge in [0.2, 0.25) is 0 Å². The SMILES string of the molecule is Cc1ccc2c(c1)CC(=O)c1ccccc1N2c1ccccc1. The van der Waals surface area contributed by atoms with Crippen molar-refractivity contribution in [3.63, 3.8) is 0 Å². The minimum Gasteiger partial charge on any atom is -0.309 e. The van der Waals surface area contributed by atoms with Crippen LogP contribution in [0.4, 0.5) is 17.1 Å². The number of hydrogen-bond acceptors (Lipinski definition) is 2. The molecule has 0 bridgehead atoms. The summed E-state index contributed by atoms with van der Waals surface area (Å²) >= 11 is 0. The molecule has 1 heterocycles. The van der Waals surface area contributed by atoms with E-state index in [2.05, 4.69) is 42.2 Å². The Kier molecular flexibility index (Phi) is 3.23. The molecule has 1 aliphatic rings. The van der Waals surface area contributed by atoms with Crippen molar-refractivity contribution < 1.29 is 4.79 Å². The number of carbonyl (C=O) groups is 1. The zero-order valence-electron chi connectivity index (χ0n) is 13.0. The Hall–Kier alpha value is -2.87. The Morgan fingerprint density at radius 1 is 0.826 bits per heavy atom. The van der Waals surface area contributed by atoms with Crippen LogP contribution in [-0.4, -0.2) is 5.78 Å². The second-order valence-corrected chi connectivity index (χ2v) is 5.92. The number of anilines is 3. The molecule has 0 radical (unpaired) electrons. The van der Waals surface area contributed by atoms with Gasteiger partial charge < -0.3 is 4.90 Å². The normalized spacial score (nSPS) is 13.3. The fraction of sp³-hybridized carbons (Fsp3) is 0.0952. The van der Waals surface area contributed by atoms with Crippen LogP contribution in [-0.2, 0) is 6.42 Å². The predicted molar refractivity (Wildman–Crippen MR) is 93.9 cm³/mol. The molecule has 112 valence electrons. The van der Waals surface area contributed by atoms with Crippen LogP contribution >= 0.6 is 0 Å². The average Bonchev–Trinajstić information content (AvgIpc) is 2.70. The van der Waals surface area contributed by atoms with E-state index in [0.29, 0.717) is 6.42 Å². The van der Waals surface area contributed by atoms with Crippen LogP contribution in [0.2, 0.25) is 0 Å². The van der Waals surface area contributed by atoms with Gasteiger partial charge in [0.05, 0.1) is 5.69 Å². The van der Waals surface area contributed by atoms with E-state index in [9.17, 15) is 4.79 Å². The molecule has 0 atom stereocenters. The van der Waals surface area contributed by atoms with Gasteiger partial charge >= 0.3 is 0 Å². The summed E-state index contributed by atoms with van der Waals surface area (Å²) in [5.74, 6) is 0.172. The van der Waals surface area contributed by atoms with E-state index in [1.54, 1.807) is 0 Å². The summed E-state index contributed by atoms with van der Waals surface area (Å²) in [6, 6.07) is 24.4. The quantitative estimate of drug-likeness (QED) is 0.615. The van der Waals surface area contributed by atoms with Crippen molar-refractivity contribution in [2.24, 2.45) is 0 Å². The molecule has 23 heavy (non-hydrogen) atoms. The molecule has 2 heteroatoms. The van der Waals surface area contributed by atoms with Gasteiger partial charge in [-0.3, -0.25) is 4.79 Å². The van der Waals surface area contributed by atoms with Crippen molar-refractivity contribution in [3.8, 4) is 0 Å². The molecule has 0 fully saturated rings. The van der Waals surface area contributed by atoms with Gasteiger partial charge in [-0.15, -0.1) is 0 Å². The Balaban J connectivity index is 2.03. The van der Waals surface area contributed by atoms with Crippen LogP contribution in [0.15, 0.2) is 72.8 Å². The minimum absolute atomic E-state index is 0.172. The van der Waals surface area contributed by atoms with E-state index in [-0.39, 0.29) is 5.78 Å². The number of para-hydroxylation sites is 2. The first-order chi connectivity index (χ1) is 11.2. The van der Waals surface area contributed by atoms with Gasteiger partial charge in [-0.25, -0.2) is 0 Å². The molecule has 0 amide bonds. The summed E-state index contributed by atoms with van der Waals surface area (Å²) in [6.45, 7) is 2.07. The second-order valence-electron chi connectivity index (χ2n) is 5.92. The number of hydrogen-bond donors (Lipinski definition) is 0. The van der Waals surface area contributed by atoms with Crippen molar-refractivity contribution in [3.05, 3.63) is 89.5 Å². The molecule has 0 spiro atoms. The molecular weight excluding hydrogens is 282 g/mol. The van der Waals surface area contributed by atoms with Gasteiger partial charge in [0.25, 0.3) is 0 Å². The zero-order valence-corrected chi connectivity index (χ0v) is 13.0. The minimum atomic E-state index is 0.172. The Labute approximate surface area is 136 Å². The van der Waals surface area contributed by atoms with Gasteiger partial charge in [0.15, 0.2) is 5.78 Å². The average molecular weight is 299 g/mol. The van der Waals surface area contributed by atoms with Gasteiger partial charge in [0, 0.05) is 23.4 Å². The lowest BCUT2D eigenvalue weighted by Gasteiger charge is -2.26. The van der Waals surface area contributed by atoms with E-state index in [4.69, 9.17) is 0 Å². The molecular formula is C21H17NO. The molecule has 0 saturated heterocycles. The van der Waals surface area contributed by atoms with E-state index in [1.807, 2.05) is 42.5 Å². The first-order valence-electron chi connectivity index (χ1n) is 7.81. The lowest BCUT2D eigenvalue weighted by atomic mass is 10.0. The molecule has 2 nitrogen and oxygen atoms in total. The largest absolute Gasteiger partial charge is 0.309 e. The lowest BCUT2D eigenvalue weighted by Crippen LogP contribution is -2.11. The van der Waals surface area contributed by atoms with Gasteiger partial charge in [-0.1, -0.05) is 48.0 Å². The fourth-order valence-electron chi connectivity index (χ4n) is 3.23. The maximum absolute atomic E-state index is 12.7. The topological polar surface area (TPSA) is 20.3 Å². The van der Waals surface area contributed by atoms with Gasteiger partial charge in [0.1, 0.15) is 0 Å². The zero-order chi connectivity index (χ0) is 15.8. The van der Waals surface area contributed by atoms with Crippen LogP contribution in [0.1, 0.15) is 21.5 Å². The summed E-state index contributed by atoms with van der Waals surface area (Å²) in [7, 11) is 0. The number of rotatable bonds is 1. The Bertz CT molecular complexity index is 883. The lowest BCUT2D eigenvalue weighted by molar-refractivity contribution is 0.0994. The van der Waals surface area contributed by atoms with E-state index in [1.165, 1.54) is 5.56 Å². The number of fused-ring (bicyclic) bond motifs is 2. The highest BCUT2D eigenvalue weighted by molar-refractivity contribution is 6.07. The monoisotopic (exact) mass is 299 g/mol. The second kappa shape index (κ2) is 5.40. The first kappa shape index (κ1) is 13.8. The predicted octanol–water partition coefficient (Wildman–Crippen LogP) is 5.20. The van der Waals surface area contributed by atoms with Crippen LogP contribution in [0.3, 0.4) is 0 Å². The van der Waals surface area contributed by atoms with Gasteiger partial charge in [-0.2, -0.15) is 0 Å².